The maximum Gasteiger partial charge on any atom is 0.162 e. The number of hydrogen-bond donors (Lipinski definition) is 0. The van der Waals surface area contributed by atoms with Gasteiger partial charge in [0.15, 0.2) is 17.0 Å². The number of hydrazine groups is 1. The second kappa shape index (κ2) is 3.74. The van der Waals surface area contributed by atoms with Crippen LogP contribution in [-0.4, -0.2) is 22.0 Å². The number of alkyl halides is 2. The van der Waals surface area contributed by atoms with Crippen molar-refractivity contribution in [3.63, 3.8) is 0 Å². The van der Waals surface area contributed by atoms with Crippen molar-refractivity contribution in [1.29, 1.82) is 0 Å². The minimum Gasteiger partial charge on any atom is -0.235 e. The lowest BCUT2D eigenvalue weighted by Crippen LogP contribution is -2.26. The molecular formula is C2H4Cl2N2O2. The molecule has 0 radical (unpaired) electrons. The van der Waals surface area contributed by atoms with Crippen LogP contribution < -0.4 is 0 Å². The summed E-state index contributed by atoms with van der Waals surface area (Å²) in [5.41, 5.74) is 0. The van der Waals surface area contributed by atoms with E-state index >= 15 is 0 Å². The fraction of sp³-hybridized carbons (Fsp3) is 1.00. The molecule has 0 aromatic heterocycles. The van der Waals surface area contributed by atoms with Crippen LogP contribution in [0.25, 0.3) is 0 Å². The molecule has 0 bridgehead atoms. The number of hydrogen-bond acceptors (Lipinski definition) is 2. The van der Waals surface area contributed by atoms with E-state index in [4.69, 9.17) is 23.2 Å². The van der Waals surface area contributed by atoms with Gasteiger partial charge in [-0.2, -0.15) is 0 Å². The summed E-state index contributed by atoms with van der Waals surface area (Å²) < 4.78 is 0. The van der Waals surface area contributed by atoms with Gasteiger partial charge in [-0.1, -0.05) is 28.2 Å². The Hall–Kier alpha value is -0.220. The van der Waals surface area contributed by atoms with Gasteiger partial charge in [0.05, 0.1) is 0 Å². The molecule has 0 heterocycles. The summed E-state index contributed by atoms with van der Waals surface area (Å²) in [5, 5.41) is 9.74. The Labute approximate surface area is 56.1 Å². The Morgan fingerprint density at radius 3 is 1.88 bits per heavy atom. The van der Waals surface area contributed by atoms with E-state index in [2.05, 4.69) is 0 Å². The van der Waals surface area contributed by atoms with Crippen molar-refractivity contribution in [2.75, 3.05) is 12.0 Å². The van der Waals surface area contributed by atoms with Gasteiger partial charge in [-0.25, -0.2) is 10.1 Å². The molecule has 48 valence electrons. The highest BCUT2D eigenvalue weighted by Crippen LogP contribution is 1.92. The Kier molecular flexibility index (Phi) is 3.64. The highest BCUT2D eigenvalue weighted by atomic mass is 35.5. The van der Waals surface area contributed by atoms with Crippen molar-refractivity contribution < 1.29 is 5.03 Å². The number of halogens is 2. The normalized spacial score (nSPS) is 8.75. The summed E-state index contributed by atoms with van der Waals surface area (Å²) in [5.74, 6) is 0. The highest BCUT2D eigenvalue weighted by molar-refractivity contribution is 6.19. The van der Waals surface area contributed by atoms with Crippen LogP contribution in [0.1, 0.15) is 0 Å². The van der Waals surface area contributed by atoms with Crippen LogP contribution in [0.3, 0.4) is 0 Å². The van der Waals surface area contributed by atoms with Crippen LogP contribution in [0.15, 0.2) is 0 Å². The van der Waals surface area contributed by atoms with E-state index in [0.717, 1.165) is 0 Å². The SMILES string of the molecule is O=[N+]([O-])N(CCl)CCl. The molecule has 8 heavy (non-hydrogen) atoms. The maximum absolute atomic E-state index is 9.72. The lowest BCUT2D eigenvalue weighted by Gasteiger charge is -2.03. The quantitative estimate of drug-likeness (QED) is 0.265. The largest absolute Gasteiger partial charge is 0.235 e. The topological polar surface area (TPSA) is 46.4 Å². The van der Waals surface area contributed by atoms with Gasteiger partial charge in [0.25, 0.3) is 0 Å². The highest BCUT2D eigenvalue weighted by Gasteiger charge is 2.07. The molecule has 0 aromatic carbocycles. The van der Waals surface area contributed by atoms with E-state index in [1.54, 1.807) is 0 Å². The van der Waals surface area contributed by atoms with Gasteiger partial charge in [0, 0.05) is 0 Å². The van der Waals surface area contributed by atoms with E-state index in [-0.39, 0.29) is 12.0 Å². The van der Waals surface area contributed by atoms with Crippen LogP contribution in [0, 0.1) is 10.1 Å². The molecule has 0 atom stereocenters. The molecule has 0 rings (SSSR count). The van der Waals surface area contributed by atoms with Crippen LogP contribution in [0.2, 0.25) is 0 Å². The summed E-state index contributed by atoms with van der Waals surface area (Å²) in [6, 6.07) is -0.368. The monoisotopic (exact) mass is 158 g/mol. The van der Waals surface area contributed by atoms with Crippen molar-refractivity contribution in [1.82, 2.24) is 5.01 Å². The minimum absolute atomic E-state index is 0.184. The van der Waals surface area contributed by atoms with Crippen LogP contribution in [-0.2, 0) is 0 Å². The third kappa shape index (κ3) is 2.18. The first-order valence-electron chi connectivity index (χ1n) is 1.73. The van der Waals surface area contributed by atoms with E-state index in [1.807, 2.05) is 0 Å². The smallest absolute Gasteiger partial charge is 0.162 e. The van der Waals surface area contributed by atoms with Gasteiger partial charge in [-0.05, 0) is 0 Å². The van der Waals surface area contributed by atoms with Crippen molar-refractivity contribution in [3.05, 3.63) is 10.1 Å². The maximum atomic E-state index is 9.72. The van der Waals surface area contributed by atoms with E-state index in [1.165, 1.54) is 0 Å². The van der Waals surface area contributed by atoms with Crippen LogP contribution in [0.4, 0.5) is 0 Å². The number of nitro groups is 1. The zero-order valence-corrected chi connectivity index (χ0v) is 5.39. The van der Waals surface area contributed by atoms with Gasteiger partial charge >= 0.3 is 0 Å². The first-order chi connectivity index (χ1) is 3.72. The molecule has 0 saturated heterocycles. The second-order valence-corrected chi connectivity index (χ2v) is 1.46. The molecule has 6 heteroatoms. The summed E-state index contributed by atoms with van der Waals surface area (Å²) in [7, 11) is 0. The molecule has 0 spiro atoms. The molecule has 0 aliphatic heterocycles. The molecule has 0 saturated carbocycles. The Bertz CT molecular complexity index is 84.1. The van der Waals surface area contributed by atoms with Crippen molar-refractivity contribution >= 4 is 23.2 Å². The zero-order valence-electron chi connectivity index (χ0n) is 3.88. The molecular weight excluding hydrogens is 155 g/mol. The number of rotatable bonds is 3. The van der Waals surface area contributed by atoms with Crippen molar-refractivity contribution in [2.24, 2.45) is 0 Å². The molecule has 0 fully saturated rings. The molecule has 4 nitrogen and oxygen atoms in total. The predicted molar refractivity (Wildman–Crippen MR) is 30.3 cm³/mol. The Morgan fingerprint density at radius 2 is 1.88 bits per heavy atom. The van der Waals surface area contributed by atoms with Gasteiger partial charge in [-0.15, -0.1) is 0 Å². The third-order valence-electron chi connectivity index (χ3n) is 0.507. The zero-order chi connectivity index (χ0) is 6.57. The number of nitrogens with zero attached hydrogens (tertiary/aromatic N) is 2. The lowest BCUT2D eigenvalue weighted by molar-refractivity contribution is -0.647. The molecule has 0 unspecified atom stereocenters. The fourth-order valence-corrected chi connectivity index (χ4v) is 0.549. The van der Waals surface area contributed by atoms with Gasteiger partial charge in [0.2, 0.25) is 0 Å². The van der Waals surface area contributed by atoms with E-state index in [0.29, 0.717) is 5.01 Å². The Morgan fingerprint density at radius 1 is 1.50 bits per heavy atom. The van der Waals surface area contributed by atoms with Crippen molar-refractivity contribution in [2.45, 2.75) is 0 Å². The third-order valence-corrected chi connectivity index (χ3v) is 1.06. The molecule has 0 amide bonds. The summed E-state index contributed by atoms with van der Waals surface area (Å²) in [6.07, 6.45) is 0. The Balaban J connectivity index is 3.52. The summed E-state index contributed by atoms with van der Waals surface area (Å²) in [4.78, 5) is 9.72. The summed E-state index contributed by atoms with van der Waals surface area (Å²) in [6.45, 7) is 0. The first-order valence-corrected chi connectivity index (χ1v) is 2.80. The van der Waals surface area contributed by atoms with E-state index < -0.39 is 5.03 Å². The average Bonchev–Trinajstić information content (AvgIpc) is 1.69. The molecule has 0 N–H and O–H groups in total. The van der Waals surface area contributed by atoms with Gasteiger partial charge in [0.1, 0.15) is 0 Å². The second-order valence-electron chi connectivity index (χ2n) is 0.983. The van der Waals surface area contributed by atoms with Crippen LogP contribution in [0.5, 0.6) is 0 Å². The minimum atomic E-state index is -0.653. The van der Waals surface area contributed by atoms with Crippen LogP contribution >= 0.6 is 23.2 Å². The van der Waals surface area contributed by atoms with Gasteiger partial charge in [-0.3, -0.25) is 0 Å². The standard InChI is InChI=1S/C2H4Cl2N2O2/c3-1-5(2-4)6(7)8/h1-2H2. The van der Waals surface area contributed by atoms with Crippen molar-refractivity contribution in [3.8, 4) is 0 Å². The summed E-state index contributed by atoms with van der Waals surface area (Å²) >= 11 is 10.1. The van der Waals surface area contributed by atoms with E-state index in [9.17, 15) is 10.1 Å². The van der Waals surface area contributed by atoms with Gasteiger partial charge < -0.3 is 0 Å². The molecule has 0 aliphatic rings. The average molecular weight is 159 g/mol. The molecule has 0 aliphatic carbocycles. The lowest BCUT2D eigenvalue weighted by atomic mass is 11.2. The fourth-order valence-electron chi connectivity index (χ4n) is 0.119. The molecule has 0 aromatic rings. The predicted octanol–water partition coefficient (Wildman–Crippen LogP) is 0.873. The first kappa shape index (κ1) is 7.78.